The third kappa shape index (κ3) is 2.62. The van der Waals surface area contributed by atoms with Gasteiger partial charge in [-0.3, -0.25) is 0 Å². The molecule has 0 atom stereocenters. The molecule has 0 aromatic carbocycles. The van der Waals surface area contributed by atoms with Crippen LogP contribution in [0.3, 0.4) is 0 Å². The van der Waals surface area contributed by atoms with Crippen LogP contribution in [-0.2, 0) is 6.54 Å². The highest BCUT2D eigenvalue weighted by atomic mass is 35.5. The smallest absolute Gasteiger partial charge is 0.233 e. The number of pyridine rings is 1. The molecule has 0 fully saturated rings. The van der Waals surface area contributed by atoms with Gasteiger partial charge in [0.25, 0.3) is 0 Å². The molecular weight excluding hydrogens is 188 g/mol. The van der Waals surface area contributed by atoms with E-state index in [1.807, 2.05) is 0 Å². The second kappa shape index (κ2) is 4.70. The molecule has 1 aromatic rings. The molecule has 4 heteroatoms. The van der Waals surface area contributed by atoms with Crippen molar-refractivity contribution in [3.63, 3.8) is 0 Å². The van der Waals surface area contributed by atoms with Crippen molar-refractivity contribution in [1.82, 2.24) is 4.98 Å². The van der Waals surface area contributed by atoms with Crippen molar-refractivity contribution >= 4 is 11.6 Å². The van der Waals surface area contributed by atoms with Crippen LogP contribution in [-0.4, -0.2) is 11.6 Å². The molecule has 0 radical (unpaired) electrons. The van der Waals surface area contributed by atoms with E-state index < -0.39 is 0 Å². The summed E-state index contributed by atoms with van der Waals surface area (Å²) in [4.78, 5) is 3.96. The first-order chi connectivity index (χ1) is 6.27. The molecule has 68 valence electrons. The number of nitrogens with zero attached hydrogens (tertiary/aromatic N) is 1. The van der Waals surface area contributed by atoms with E-state index in [9.17, 15) is 0 Å². The van der Waals surface area contributed by atoms with Gasteiger partial charge in [0.05, 0.1) is 0 Å². The van der Waals surface area contributed by atoms with Gasteiger partial charge in [-0.1, -0.05) is 17.5 Å². The minimum absolute atomic E-state index is 0.161. The van der Waals surface area contributed by atoms with Gasteiger partial charge in [0.1, 0.15) is 5.02 Å². The molecule has 13 heavy (non-hydrogen) atoms. The lowest BCUT2D eigenvalue weighted by Crippen LogP contribution is -2.00. The summed E-state index contributed by atoms with van der Waals surface area (Å²) in [6.07, 6.45) is 6.63. The summed E-state index contributed by atoms with van der Waals surface area (Å²) in [5.74, 6) is 2.67. The number of aromatic nitrogens is 1. The first-order valence-corrected chi connectivity index (χ1v) is 4.06. The highest BCUT2D eigenvalue weighted by Gasteiger charge is 2.02. The van der Waals surface area contributed by atoms with Crippen molar-refractivity contribution in [2.24, 2.45) is 5.73 Å². The van der Waals surface area contributed by atoms with Gasteiger partial charge < -0.3 is 10.5 Å². The van der Waals surface area contributed by atoms with Gasteiger partial charge in [-0.2, -0.15) is 0 Å². The van der Waals surface area contributed by atoms with Crippen molar-refractivity contribution in [3.05, 3.63) is 22.8 Å². The lowest BCUT2D eigenvalue weighted by atomic mass is 10.3. The fourth-order valence-electron chi connectivity index (χ4n) is 0.793. The second-order valence-electron chi connectivity index (χ2n) is 2.33. The third-order valence-electron chi connectivity index (χ3n) is 1.39. The normalized spacial score (nSPS) is 9.31. The Morgan fingerprint density at radius 2 is 2.46 bits per heavy atom. The highest BCUT2D eigenvalue weighted by Crippen LogP contribution is 2.21. The van der Waals surface area contributed by atoms with Crippen LogP contribution in [0, 0.1) is 12.3 Å². The maximum atomic E-state index is 5.83. The fraction of sp³-hybridized carbons (Fsp3) is 0.222. The van der Waals surface area contributed by atoms with Crippen molar-refractivity contribution in [1.29, 1.82) is 0 Å². The zero-order valence-corrected chi connectivity index (χ0v) is 7.71. The first kappa shape index (κ1) is 9.85. The van der Waals surface area contributed by atoms with Gasteiger partial charge >= 0.3 is 0 Å². The lowest BCUT2D eigenvalue weighted by molar-refractivity contribution is 0.355. The largest absolute Gasteiger partial charge is 0.463 e. The maximum absolute atomic E-state index is 5.83. The predicted molar refractivity (Wildman–Crippen MR) is 51.5 cm³/mol. The first-order valence-electron chi connectivity index (χ1n) is 3.68. The Labute approximate surface area is 81.9 Å². The minimum Gasteiger partial charge on any atom is -0.463 e. The second-order valence-corrected chi connectivity index (χ2v) is 2.73. The molecule has 0 aliphatic rings. The maximum Gasteiger partial charge on any atom is 0.233 e. The molecule has 3 nitrogen and oxygen atoms in total. The van der Waals surface area contributed by atoms with Crippen molar-refractivity contribution < 1.29 is 4.74 Å². The number of hydrogen-bond acceptors (Lipinski definition) is 3. The van der Waals surface area contributed by atoms with Gasteiger partial charge in [-0.05, 0) is 11.6 Å². The Balaban J connectivity index is 2.80. The number of rotatable bonds is 3. The van der Waals surface area contributed by atoms with E-state index in [0.717, 1.165) is 5.56 Å². The van der Waals surface area contributed by atoms with E-state index in [1.54, 1.807) is 12.3 Å². The number of hydrogen-bond donors (Lipinski definition) is 1. The van der Waals surface area contributed by atoms with Crippen molar-refractivity contribution in [3.8, 4) is 18.2 Å². The molecule has 0 aliphatic heterocycles. The molecule has 2 N–H and O–H groups in total. The summed E-state index contributed by atoms with van der Waals surface area (Å²) < 4.78 is 5.07. The van der Waals surface area contributed by atoms with Crippen LogP contribution in [0.2, 0.25) is 5.02 Å². The highest BCUT2D eigenvalue weighted by molar-refractivity contribution is 6.31. The molecule has 1 aromatic heterocycles. The number of nitrogens with two attached hydrogens (primary N) is 1. The molecule has 0 aliphatic carbocycles. The Kier molecular flexibility index (Phi) is 3.56. The summed E-state index contributed by atoms with van der Waals surface area (Å²) >= 11 is 5.83. The van der Waals surface area contributed by atoms with Gasteiger partial charge in [0.15, 0.2) is 6.61 Å². The lowest BCUT2D eigenvalue weighted by Gasteiger charge is -2.04. The van der Waals surface area contributed by atoms with E-state index in [0.29, 0.717) is 17.4 Å². The molecule has 0 spiro atoms. The molecule has 0 amide bonds. The molecule has 0 saturated heterocycles. The molecule has 0 bridgehead atoms. The van der Waals surface area contributed by atoms with Crippen LogP contribution < -0.4 is 10.5 Å². The average molecular weight is 197 g/mol. The minimum atomic E-state index is 0.161. The molecule has 0 unspecified atom stereocenters. The summed E-state index contributed by atoms with van der Waals surface area (Å²) in [6.45, 7) is 0.566. The van der Waals surface area contributed by atoms with E-state index in [4.69, 9.17) is 28.5 Å². The number of ether oxygens (including phenoxy) is 1. The van der Waals surface area contributed by atoms with Crippen LogP contribution in [0.1, 0.15) is 5.56 Å². The molecule has 1 heterocycles. The van der Waals surface area contributed by atoms with E-state index >= 15 is 0 Å². The summed E-state index contributed by atoms with van der Waals surface area (Å²) in [5, 5.41) is 0.429. The molecule has 1 rings (SSSR count). The Morgan fingerprint density at radius 3 is 3.00 bits per heavy atom. The standard InChI is InChI=1S/C9H9ClN2O/c1-2-3-13-9-8(10)4-7(5-11)6-12-9/h1,4,6H,3,5,11H2. The molecule has 0 saturated carbocycles. The Hall–Kier alpha value is -1.24. The van der Waals surface area contributed by atoms with Crippen LogP contribution in [0.5, 0.6) is 5.88 Å². The monoisotopic (exact) mass is 196 g/mol. The Morgan fingerprint density at radius 1 is 1.69 bits per heavy atom. The SMILES string of the molecule is C#CCOc1ncc(CN)cc1Cl. The van der Waals surface area contributed by atoms with Crippen LogP contribution in [0.15, 0.2) is 12.3 Å². The quantitative estimate of drug-likeness (QED) is 0.740. The van der Waals surface area contributed by atoms with Gasteiger partial charge in [0, 0.05) is 12.7 Å². The third-order valence-corrected chi connectivity index (χ3v) is 1.66. The van der Waals surface area contributed by atoms with Gasteiger partial charge in [-0.25, -0.2) is 4.98 Å². The van der Waals surface area contributed by atoms with Crippen LogP contribution in [0.25, 0.3) is 0 Å². The van der Waals surface area contributed by atoms with E-state index in [-0.39, 0.29) is 6.61 Å². The van der Waals surface area contributed by atoms with Crippen molar-refractivity contribution in [2.75, 3.05) is 6.61 Å². The van der Waals surface area contributed by atoms with E-state index in [1.165, 1.54) is 0 Å². The topological polar surface area (TPSA) is 48.1 Å². The summed E-state index contributed by atoms with van der Waals surface area (Å²) in [5.41, 5.74) is 6.26. The predicted octanol–water partition coefficient (Wildman–Crippen LogP) is 1.21. The summed E-state index contributed by atoms with van der Waals surface area (Å²) in [6, 6.07) is 1.71. The zero-order valence-electron chi connectivity index (χ0n) is 6.96. The molecular formula is C9H9ClN2O. The van der Waals surface area contributed by atoms with Gasteiger partial charge in [0.2, 0.25) is 5.88 Å². The fourth-order valence-corrected chi connectivity index (χ4v) is 1.04. The summed E-state index contributed by atoms with van der Waals surface area (Å²) in [7, 11) is 0. The average Bonchev–Trinajstić information content (AvgIpc) is 2.16. The van der Waals surface area contributed by atoms with Gasteiger partial charge in [-0.15, -0.1) is 6.42 Å². The van der Waals surface area contributed by atoms with Crippen LogP contribution >= 0.6 is 11.6 Å². The number of halogens is 1. The Bertz CT molecular complexity index is 333. The number of terminal acetylenes is 1. The van der Waals surface area contributed by atoms with Crippen molar-refractivity contribution in [2.45, 2.75) is 6.54 Å². The zero-order chi connectivity index (χ0) is 9.68. The van der Waals surface area contributed by atoms with Crippen LogP contribution in [0.4, 0.5) is 0 Å². The van der Waals surface area contributed by atoms with E-state index in [2.05, 4.69) is 10.9 Å².